The van der Waals surface area contributed by atoms with Gasteiger partial charge < -0.3 is 4.98 Å². The van der Waals surface area contributed by atoms with E-state index >= 15 is 0 Å². The third-order valence-electron chi connectivity index (χ3n) is 3.40. The normalized spacial score (nSPS) is 17.3. The Labute approximate surface area is 97.5 Å². The fraction of sp³-hybridized carbons (Fsp3) is 0.385. The molecule has 1 aliphatic carbocycles. The monoisotopic (exact) mass is 233 g/mol. The number of aromatic amines is 1. The summed E-state index contributed by atoms with van der Waals surface area (Å²) >= 11 is 0. The van der Waals surface area contributed by atoms with Gasteiger partial charge in [0.15, 0.2) is 0 Å². The number of aryl methyl sites for hydroxylation is 2. The van der Waals surface area contributed by atoms with Gasteiger partial charge in [-0.25, -0.2) is 0 Å². The lowest BCUT2D eigenvalue weighted by Crippen LogP contribution is -1.99. The van der Waals surface area contributed by atoms with E-state index in [1.54, 1.807) is 6.26 Å². The van der Waals surface area contributed by atoms with Crippen molar-refractivity contribution in [3.05, 3.63) is 29.5 Å². The molecule has 0 saturated heterocycles. The first kappa shape index (κ1) is 10.1. The molecule has 1 aromatic carbocycles. The van der Waals surface area contributed by atoms with E-state index in [1.165, 1.54) is 29.5 Å². The van der Waals surface area contributed by atoms with Gasteiger partial charge in [0, 0.05) is 17.3 Å². The highest BCUT2D eigenvalue weighted by molar-refractivity contribution is 7.84. The van der Waals surface area contributed by atoms with Crippen molar-refractivity contribution in [2.45, 2.75) is 30.6 Å². The zero-order valence-corrected chi connectivity index (χ0v) is 10.2. The van der Waals surface area contributed by atoms with Crippen molar-refractivity contribution in [2.75, 3.05) is 6.26 Å². The summed E-state index contributed by atoms with van der Waals surface area (Å²) in [6.45, 7) is 0. The van der Waals surface area contributed by atoms with Crippen LogP contribution in [0.3, 0.4) is 0 Å². The van der Waals surface area contributed by atoms with Gasteiger partial charge in [0.1, 0.15) is 0 Å². The van der Waals surface area contributed by atoms with Crippen LogP contribution in [0.1, 0.15) is 24.1 Å². The van der Waals surface area contributed by atoms with Crippen LogP contribution in [0, 0.1) is 0 Å². The van der Waals surface area contributed by atoms with Crippen LogP contribution >= 0.6 is 0 Å². The van der Waals surface area contributed by atoms with Gasteiger partial charge >= 0.3 is 0 Å². The highest BCUT2D eigenvalue weighted by Gasteiger charge is 2.17. The number of nitrogens with one attached hydrogen (secondary N) is 1. The molecule has 3 heteroatoms. The SMILES string of the molecule is CS(=O)c1cccc2c3c([nH]c12)CCCC3. The molecular weight excluding hydrogens is 218 g/mol. The lowest BCUT2D eigenvalue weighted by Gasteiger charge is -2.10. The number of para-hydroxylation sites is 1. The van der Waals surface area contributed by atoms with E-state index in [0.29, 0.717) is 0 Å². The molecule has 0 aliphatic heterocycles. The summed E-state index contributed by atoms with van der Waals surface area (Å²) in [7, 11) is -0.913. The summed E-state index contributed by atoms with van der Waals surface area (Å²) in [6.07, 6.45) is 6.59. The van der Waals surface area contributed by atoms with E-state index in [1.807, 2.05) is 12.1 Å². The molecule has 0 bridgehead atoms. The maximum Gasteiger partial charge on any atom is 0.0626 e. The standard InChI is InChI=1S/C13H15NOS/c1-16(15)12-8-4-6-10-9-5-2-3-7-11(9)14-13(10)12/h4,6,8,14H,2-3,5,7H2,1H3. The van der Waals surface area contributed by atoms with Gasteiger partial charge in [-0.3, -0.25) is 4.21 Å². The van der Waals surface area contributed by atoms with E-state index in [9.17, 15) is 4.21 Å². The second kappa shape index (κ2) is 3.74. The quantitative estimate of drug-likeness (QED) is 0.807. The van der Waals surface area contributed by atoms with Crippen LogP contribution in [0.15, 0.2) is 23.1 Å². The number of benzene rings is 1. The zero-order chi connectivity index (χ0) is 11.1. The highest BCUT2D eigenvalue weighted by Crippen LogP contribution is 2.31. The van der Waals surface area contributed by atoms with Gasteiger partial charge in [-0.1, -0.05) is 12.1 Å². The smallest absolute Gasteiger partial charge is 0.0626 e. The Kier molecular flexibility index (Phi) is 2.36. The molecule has 0 spiro atoms. The molecule has 3 rings (SSSR count). The zero-order valence-electron chi connectivity index (χ0n) is 9.38. The maximum atomic E-state index is 11.7. The van der Waals surface area contributed by atoms with Crippen molar-refractivity contribution in [3.63, 3.8) is 0 Å². The average Bonchev–Trinajstić information content (AvgIpc) is 2.67. The molecule has 0 amide bonds. The van der Waals surface area contributed by atoms with Gasteiger partial charge in [0.2, 0.25) is 0 Å². The molecule has 1 N–H and O–H groups in total. The molecule has 1 unspecified atom stereocenters. The second-order valence-electron chi connectivity index (χ2n) is 4.42. The lowest BCUT2D eigenvalue weighted by atomic mass is 9.96. The Balaban J connectivity index is 2.33. The van der Waals surface area contributed by atoms with Crippen molar-refractivity contribution in [2.24, 2.45) is 0 Å². The van der Waals surface area contributed by atoms with Crippen molar-refractivity contribution < 1.29 is 4.21 Å². The van der Waals surface area contributed by atoms with Gasteiger partial charge in [-0.05, 0) is 37.3 Å². The maximum absolute atomic E-state index is 11.7. The number of hydrogen-bond donors (Lipinski definition) is 1. The van der Waals surface area contributed by atoms with E-state index in [2.05, 4.69) is 11.1 Å². The van der Waals surface area contributed by atoms with Crippen LogP contribution in [-0.2, 0) is 23.6 Å². The topological polar surface area (TPSA) is 32.9 Å². The van der Waals surface area contributed by atoms with Crippen LogP contribution in [0.4, 0.5) is 0 Å². The van der Waals surface area contributed by atoms with E-state index in [4.69, 9.17) is 0 Å². The van der Waals surface area contributed by atoms with Gasteiger partial charge in [-0.2, -0.15) is 0 Å². The van der Waals surface area contributed by atoms with Crippen LogP contribution in [-0.4, -0.2) is 15.4 Å². The third kappa shape index (κ3) is 1.42. The molecule has 2 nitrogen and oxygen atoms in total. The van der Waals surface area contributed by atoms with Gasteiger partial charge in [0.25, 0.3) is 0 Å². The lowest BCUT2D eigenvalue weighted by molar-refractivity contribution is 0.679. The molecule has 1 aliphatic rings. The summed E-state index contributed by atoms with van der Waals surface area (Å²) in [4.78, 5) is 4.41. The molecule has 0 radical (unpaired) electrons. The summed E-state index contributed by atoms with van der Waals surface area (Å²) in [6, 6.07) is 6.12. The molecule has 0 saturated carbocycles. The Morgan fingerprint density at radius 2 is 2.06 bits per heavy atom. The number of fused-ring (bicyclic) bond motifs is 3. The van der Waals surface area contributed by atoms with Crippen molar-refractivity contribution in [1.82, 2.24) is 4.98 Å². The first-order valence-electron chi connectivity index (χ1n) is 5.73. The summed E-state index contributed by atoms with van der Waals surface area (Å²) in [5.74, 6) is 0. The Morgan fingerprint density at radius 3 is 2.88 bits per heavy atom. The third-order valence-corrected chi connectivity index (χ3v) is 4.36. The molecular formula is C13H15NOS. The summed E-state index contributed by atoms with van der Waals surface area (Å²) in [5, 5.41) is 1.28. The minimum absolute atomic E-state index is 0.913. The molecule has 1 aromatic heterocycles. The Bertz CT molecular complexity index is 571. The highest BCUT2D eigenvalue weighted by atomic mass is 32.2. The van der Waals surface area contributed by atoms with Crippen LogP contribution in [0.5, 0.6) is 0 Å². The molecule has 1 heterocycles. The largest absolute Gasteiger partial charge is 0.357 e. The summed E-state index contributed by atoms with van der Waals surface area (Å²) in [5.41, 5.74) is 3.91. The van der Waals surface area contributed by atoms with Crippen molar-refractivity contribution in [3.8, 4) is 0 Å². The molecule has 2 aromatic rings. The average molecular weight is 233 g/mol. The summed E-state index contributed by atoms with van der Waals surface area (Å²) < 4.78 is 11.7. The first-order chi connectivity index (χ1) is 7.77. The first-order valence-corrected chi connectivity index (χ1v) is 7.29. The molecule has 1 atom stereocenters. The van der Waals surface area contributed by atoms with Crippen molar-refractivity contribution >= 4 is 21.7 Å². The molecule has 0 fully saturated rings. The number of rotatable bonds is 1. The van der Waals surface area contributed by atoms with Crippen LogP contribution < -0.4 is 0 Å². The van der Waals surface area contributed by atoms with E-state index < -0.39 is 10.8 Å². The van der Waals surface area contributed by atoms with Gasteiger partial charge in [0.05, 0.1) is 21.2 Å². The van der Waals surface area contributed by atoms with Gasteiger partial charge in [-0.15, -0.1) is 0 Å². The van der Waals surface area contributed by atoms with E-state index in [0.717, 1.165) is 23.3 Å². The Morgan fingerprint density at radius 1 is 1.25 bits per heavy atom. The Hall–Kier alpha value is -1.09. The molecule has 16 heavy (non-hydrogen) atoms. The predicted molar refractivity (Wildman–Crippen MR) is 67.3 cm³/mol. The number of H-pyrrole nitrogens is 1. The minimum Gasteiger partial charge on any atom is -0.357 e. The number of hydrogen-bond acceptors (Lipinski definition) is 1. The van der Waals surface area contributed by atoms with Crippen LogP contribution in [0.25, 0.3) is 10.9 Å². The molecule has 84 valence electrons. The second-order valence-corrected chi connectivity index (χ2v) is 5.77. The fourth-order valence-electron chi connectivity index (χ4n) is 2.64. The van der Waals surface area contributed by atoms with E-state index in [-0.39, 0.29) is 0 Å². The minimum atomic E-state index is -0.913. The predicted octanol–water partition coefficient (Wildman–Crippen LogP) is 2.78. The number of aromatic nitrogens is 1. The fourth-order valence-corrected chi connectivity index (χ4v) is 3.36. The van der Waals surface area contributed by atoms with Crippen LogP contribution in [0.2, 0.25) is 0 Å². The van der Waals surface area contributed by atoms with Crippen molar-refractivity contribution in [1.29, 1.82) is 0 Å².